The Balaban J connectivity index is 1.55. The minimum absolute atomic E-state index is 0.143. The zero-order chi connectivity index (χ0) is 21.5. The zero-order valence-electron chi connectivity index (χ0n) is 15.6. The predicted molar refractivity (Wildman–Crippen MR) is 124 cm³/mol. The molecule has 0 bridgehead atoms. The van der Waals surface area contributed by atoms with Gasteiger partial charge in [-0.1, -0.05) is 59.6 Å². The van der Waals surface area contributed by atoms with Gasteiger partial charge in [0.15, 0.2) is 12.4 Å². The molecule has 3 rings (SSSR count). The Hall–Kier alpha value is -2.54. The van der Waals surface area contributed by atoms with Crippen molar-refractivity contribution in [2.75, 3.05) is 17.2 Å². The average molecular weight is 508 g/mol. The van der Waals surface area contributed by atoms with Crippen LogP contribution in [0.25, 0.3) is 0 Å². The molecule has 0 saturated carbocycles. The molecule has 0 saturated heterocycles. The maximum Gasteiger partial charge on any atom is 0.262 e. The van der Waals surface area contributed by atoms with E-state index in [1.54, 1.807) is 30.3 Å². The molecule has 0 aliphatic carbocycles. The fourth-order valence-corrected chi connectivity index (χ4v) is 4.03. The van der Waals surface area contributed by atoms with Gasteiger partial charge in [-0.3, -0.25) is 9.59 Å². The van der Waals surface area contributed by atoms with Crippen LogP contribution in [0.5, 0.6) is 5.75 Å². The second-order valence-electron chi connectivity index (χ2n) is 6.33. The molecule has 2 amide bonds. The highest BCUT2D eigenvalue weighted by Gasteiger charge is 2.12. The largest absolute Gasteiger partial charge is 0.481 e. The Bertz CT molecular complexity index is 1040. The quantitative estimate of drug-likeness (QED) is 0.415. The molecule has 0 atom stereocenters. The summed E-state index contributed by atoms with van der Waals surface area (Å²) in [5, 5.41) is 6.30. The molecular formula is C22H17BrCl2N2O3. The lowest BCUT2D eigenvalue weighted by Gasteiger charge is -2.12. The van der Waals surface area contributed by atoms with E-state index in [0.717, 1.165) is 5.56 Å². The topological polar surface area (TPSA) is 67.4 Å². The second kappa shape index (κ2) is 10.5. The summed E-state index contributed by atoms with van der Waals surface area (Å²) in [4.78, 5) is 24.5. The van der Waals surface area contributed by atoms with Crippen LogP contribution in [-0.2, 0) is 16.0 Å². The highest BCUT2D eigenvalue weighted by atomic mass is 79.9. The Labute approximate surface area is 192 Å². The lowest BCUT2D eigenvalue weighted by molar-refractivity contribution is -0.118. The molecule has 2 N–H and O–H groups in total. The van der Waals surface area contributed by atoms with Crippen molar-refractivity contribution in [1.29, 1.82) is 0 Å². The van der Waals surface area contributed by atoms with Crippen molar-refractivity contribution in [2.24, 2.45) is 0 Å². The smallest absolute Gasteiger partial charge is 0.262 e. The molecule has 5 nitrogen and oxygen atoms in total. The van der Waals surface area contributed by atoms with Crippen molar-refractivity contribution in [1.82, 2.24) is 0 Å². The van der Waals surface area contributed by atoms with E-state index in [1.807, 2.05) is 30.3 Å². The van der Waals surface area contributed by atoms with Crippen LogP contribution in [0.4, 0.5) is 11.4 Å². The van der Waals surface area contributed by atoms with E-state index in [0.29, 0.717) is 31.6 Å². The Morgan fingerprint density at radius 2 is 1.53 bits per heavy atom. The summed E-state index contributed by atoms with van der Waals surface area (Å²) in [7, 11) is 0. The Morgan fingerprint density at radius 1 is 0.867 bits per heavy atom. The van der Waals surface area contributed by atoms with E-state index in [2.05, 4.69) is 26.6 Å². The van der Waals surface area contributed by atoms with Gasteiger partial charge in [0.2, 0.25) is 5.91 Å². The number of carbonyl (C=O) groups excluding carboxylic acids is 2. The SMILES string of the molecule is O=C(COc1c(Cl)cc(Cl)cc1Br)Nc1cccc(NC(=O)Cc2ccccc2)c1. The van der Waals surface area contributed by atoms with Crippen molar-refractivity contribution >= 4 is 62.3 Å². The maximum atomic E-state index is 12.2. The number of rotatable bonds is 7. The molecule has 0 aliphatic heterocycles. The van der Waals surface area contributed by atoms with Crippen LogP contribution in [0.3, 0.4) is 0 Å². The fraction of sp³-hybridized carbons (Fsp3) is 0.0909. The molecule has 0 spiro atoms. The average Bonchev–Trinajstić information content (AvgIpc) is 2.68. The van der Waals surface area contributed by atoms with E-state index >= 15 is 0 Å². The number of carbonyl (C=O) groups is 2. The van der Waals surface area contributed by atoms with E-state index in [9.17, 15) is 9.59 Å². The Kier molecular flexibility index (Phi) is 7.74. The third-order valence-corrected chi connectivity index (χ3v) is 5.04. The molecule has 3 aromatic rings. The van der Waals surface area contributed by atoms with E-state index < -0.39 is 0 Å². The number of hydrogen-bond acceptors (Lipinski definition) is 3. The molecule has 0 radical (unpaired) electrons. The first-order valence-electron chi connectivity index (χ1n) is 8.92. The summed E-state index contributed by atoms with van der Waals surface area (Å²) >= 11 is 15.3. The standard InChI is InChI=1S/C22H17BrCl2N2O3/c23-18-10-15(24)11-19(25)22(18)30-13-21(29)27-17-8-4-7-16(12-17)26-20(28)9-14-5-2-1-3-6-14/h1-8,10-12H,9,13H2,(H,26,28)(H,27,29). The van der Waals surface area contributed by atoms with Crippen molar-refractivity contribution < 1.29 is 14.3 Å². The van der Waals surface area contributed by atoms with Crippen LogP contribution in [0.1, 0.15) is 5.56 Å². The van der Waals surface area contributed by atoms with Gasteiger partial charge < -0.3 is 15.4 Å². The van der Waals surface area contributed by atoms with Crippen LogP contribution in [-0.4, -0.2) is 18.4 Å². The maximum absolute atomic E-state index is 12.2. The minimum atomic E-state index is -0.374. The summed E-state index contributed by atoms with van der Waals surface area (Å²) in [5.41, 5.74) is 2.03. The van der Waals surface area contributed by atoms with Gasteiger partial charge in [0.1, 0.15) is 0 Å². The summed E-state index contributed by atoms with van der Waals surface area (Å²) in [5.74, 6) is -0.186. The molecule has 30 heavy (non-hydrogen) atoms. The van der Waals surface area contributed by atoms with E-state index in [-0.39, 0.29) is 24.8 Å². The first kappa shape index (κ1) is 22.2. The number of anilines is 2. The molecule has 8 heteroatoms. The molecule has 3 aromatic carbocycles. The first-order valence-corrected chi connectivity index (χ1v) is 10.5. The van der Waals surface area contributed by atoms with Gasteiger partial charge in [0.05, 0.1) is 15.9 Å². The lowest BCUT2D eigenvalue weighted by Crippen LogP contribution is -2.20. The van der Waals surface area contributed by atoms with Gasteiger partial charge in [-0.05, 0) is 51.8 Å². The molecule has 0 aromatic heterocycles. The van der Waals surface area contributed by atoms with Gasteiger partial charge in [-0.25, -0.2) is 0 Å². The van der Waals surface area contributed by atoms with Crippen molar-refractivity contribution in [3.05, 3.63) is 86.8 Å². The van der Waals surface area contributed by atoms with Crippen molar-refractivity contribution in [3.8, 4) is 5.75 Å². The van der Waals surface area contributed by atoms with Crippen LogP contribution in [0.2, 0.25) is 10.0 Å². The number of amides is 2. The van der Waals surface area contributed by atoms with Gasteiger partial charge in [0, 0.05) is 16.4 Å². The van der Waals surface area contributed by atoms with Crippen molar-refractivity contribution in [2.45, 2.75) is 6.42 Å². The number of nitrogens with one attached hydrogen (secondary N) is 2. The molecular weight excluding hydrogens is 491 g/mol. The van der Waals surface area contributed by atoms with Gasteiger partial charge in [0.25, 0.3) is 5.91 Å². The highest BCUT2D eigenvalue weighted by Crippen LogP contribution is 2.36. The first-order chi connectivity index (χ1) is 14.4. The van der Waals surface area contributed by atoms with Crippen LogP contribution in [0.15, 0.2) is 71.2 Å². The molecule has 0 aliphatic rings. The molecule has 0 unspecified atom stereocenters. The lowest BCUT2D eigenvalue weighted by atomic mass is 10.1. The van der Waals surface area contributed by atoms with Crippen LogP contribution >= 0.6 is 39.1 Å². The summed E-state index contributed by atoms with van der Waals surface area (Å²) in [6.07, 6.45) is 0.266. The predicted octanol–water partition coefficient (Wildman–Crippen LogP) is 5.95. The Morgan fingerprint density at radius 3 is 2.20 bits per heavy atom. The fourth-order valence-electron chi connectivity index (χ4n) is 2.66. The summed E-state index contributed by atoms with van der Waals surface area (Å²) < 4.78 is 6.05. The minimum Gasteiger partial charge on any atom is -0.481 e. The highest BCUT2D eigenvalue weighted by molar-refractivity contribution is 9.10. The van der Waals surface area contributed by atoms with Gasteiger partial charge in [-0.15, -0.1) is 0 Å². The molecule has 0 heterocycles. The van der Waals surface area contributed by atoms with Gasteiger partial charge in [-0.2, -0.15) is 0 Å². The van der Waals surface area contributed by atoms with Gasteiger partial charge >= 0.3 is 0 Å². The third kappa shape index (κ3) is 6.49. The zero-order valence-corrected chi connectivity index (χ0v) is 18.7. The van der Waals surface area contributed by atoms with E-state index in [4.69, 9.17) is 27.9 Å². The number of ether oxygens (including phenoxy) is 1. The monoisotopic (exact) mass is 506 g/mol. The second-order valence-corrected chi connectivity index (χ2v) is 8.02. The van der Waals surface area contributed by atoms with Crippen molar-refractivity contribution in [3.63, 3.8) is 0 Å². The van der Waals surface area contributed by atoms with E-state index in [1.165, 1.54) is 6.07 Å². The van der Waals surface area contributed by atoms with Crippen LogP contribution < -0.4 is 15.4 Å². The van der Waals surface area contributed by atoms with Crippen LogP contribution in [0, 0.1) is 0 Å². The normalized spacial score (nSPS) is 10.4. The third-order valence-electron chi connectivity index (χ3n) is 3.95. The molecule has 154 valence electrons. The molecule has 0 fully saturated rings. The number of halogens is 3. The summed E-state index contributed by atoms with van der Waals surface area (Å²) in [6, 6.07) is 19.5. The summed E-state index contributed by atoms with van der Waals surface area (Å²) in [6.45, 7) is -0.245. The number of hydrogen-bond donors (Lipinski definition) is 2. The number of benzene rings is 3.